The zero-order valence-corrected chi connectivity index (χ0v) is 15.9. The lowest BCUT2D eigenvalue weighted by molar-refractivity contribution is -0.115. The normalized spacial score (nSPS) is 18.2. The Balaban J connectivity index is 1.47. The molecule has 1 N–H and O–H groups in total. The van der Waals surface area contributed by atoms with Gasteiger partial charge < -0.3 is 9.88 Å². The molecular formula is C18H21ClN4OS. The fourth-order valence-electron chi connectivity index (χ4n) is 2.85. The summed E-state index contributed by atoms with van der Waals surface area (Å²) in [6.45, 7) is 3.81. The second kappa shape index (κ2) is 6.65. The number of benzene rings is 1. The highest BCUT2D eigenvalue weighted by atomic mass is 35.5. The van der Waals surface area contributed by atoms with Crippen LogP contribution in [0.5, 0.6) is 0 Å². The number of aromatic nitrogens is 3. The van der Waals surface area contributed by atoms with Gasteiger partial charge in [0.2, 0.25) is 5.91 Å². The molecular weight excluding hydrogens is 356 g/mol. The van der Waals surface area contributed by atoms with Gasteiger partial charge in [-0.15, -0.1) is 10.2 Å². The Morgan fingerprint density at radius 2 is 2.08 bits per heavy atom. The van der Waals surface area contributed by atoms with E-state index in [1.54, 1.807) is 0 Å². The number of nitrogens with zero attached hydrogens (tertiary/aromatic N) is 3. The third kappa shape index (κ3) is 3.55. The first kappa shape index (κ1) is 16.9. The van der Waals surface area contributed by atoms with Crippen molar-refractivity contribution in [3.63, 3.8) is 0 Å². The van der Waals surface area contributed by atoms with E-state index in [0.29, 0.717) is 17.0 Å². The Morgan fingerprint density at radius 1 is 1.32 bits per heavy atom. The number of carbonyl (C=O) groups excluding carboxylic acids is 1. The Hall–Kier alpha value is -1.53. The van der Waals surface area contributed by atoms with Crippen molar-refractivity contribution in [1.29, 1.82) is 0 Å². The molecule has 25 heavy (non-hydrogen) atoms. The molecule has 2 aromatic rings. The van der Waals surface area contributed by atoms with Gasteiger partial charge in [0.1, 0.15) is 5.82 Å². The third-order valence-electron chi connectivity index (χ3n) is 4.72. The van der Waals surface area contributed by atoms with Crippen LogP contribution in [0.1, 0.15) is 56.0 Å². The fraction of sp³-hybridized carbons (Fsp3) is 0.500. The summed E-state index contributed by atoms with van der Waals surface area (Å²) in [6, 6.07) is 6.06. The van der Waals surface area contributed by atoms with E-state index in [2.05, 4.69) is 20.1 Å². The van der Waals surface area contributed by atoms with E-state index in [0.717, 1.165) is 22.2 Å². The summed E-state index contributed by atoms with van der Waals surface area (Å²) in [7, 11) is 0. The van der Waals surface area contributed by atoms with E-state index in [9.17, 15) is 4.79 Å². The quantitative estimate of drug-likeness (QED) is 0.750. The number of carbonyl (C=O) groups is 1. The summed E-state index contributed by atoms with van der Waals surface area (Å²) in [4.78, 5) is 12.6. The number of amides is 1. The molecule has 1 amide bonds. The minimum atomic E-state index is -0.257. The van der Waals surface area contributed by atoms with Crippen LogP contribution in [0, 0.1) is 6.92 Å². The molecule has 0 radical (unpaired) electrons. The van der Waals surface area contributed by atoms with Gasteiger partial charge in [0.05, 0.1) is 5.25 Å². The zero-order valence-electron chi connectivity index (χ0n) is 14.3. The van der Waals surface area contributed by atoms with Crippen LogP contribution in [0.15, 0.2) is 23.4 Å². The van der Waals surface area contributed by atoms with Crippen LogP contribution in [0.25, 0.3) is 0 Å². The first-order valence-corrected chi connectivity index (χ1v) is 9.97. The maximum absolute atomic E-state index is 12.6. The fourth-order valence-corrected chi connectivity index (χ4v) is 3.95. The smallest absolute Gasteiger partial charge is 0.237 e. The molecule has 1 aromatic carbocycles. The maximum Gasteiger partial charge on any atom is 0.237 e. The van der Waals surface area contributed by atoms with Crippen molar-refractivity contribution >= 4 is 35.0 Å². The SMILES string of the molecule is Cc1c(Cl)cccc1NC(=O)[C@H](C)Sc1nnc(C2CC2)n1C1CC1. The Morgan fingerprint density at radius 3 is 2.76 bits per heavy atom. The second-order valence-corrected chi connectivity index (χ2v) is 8.59. The van der Waals surface area contributed by atoms with E-state index in [-0.39, 0.29) is 11.2 Å². The van der Waals surface area contributed by atoms with Crippen LogP contribution < -0.4 is 5.32 Å². The Bertz CT molecular complexity index is 813. The first-order valence-electron chi connectivity index (χ1n) is 8.72. The standard InChI is InChI=1S/C18H21ClN4OS/c1-10-14(19)4-3-5-15(10)20-17(24)11(2)25-18-22-21-16(12-6-7-12)23(18)13-8-9-13/h3-5,11-13H,6-9H2,1-2H3,(H,20,24)/t11-/m0/s1. The van der Waals surface area contributed by atoms with Crippen molar-refractivity contribution in [3.8, 4) is 0 Å². The van der Waals surface area contributed by atoms with Gasteiger partial charge in [-0.05, 0) is 57.2 Å². The lowest BCUT2D eigenvalue weighted by Gasteiger charge is -2.14. The number of rotatable bonds is 6. The number of thioether (sulfide) groups is 1. The Labute approximate surface area is 156 Å². The van der Waals surface area contributed by atoms with Crippen LogP contribution in [0.4, 0.5) is 5.69 Å². The van der Waals surface area contributed by atoms with Gasteiger partial charge in [-0.25, -0.2) is 0 Å². The number of halogens is 1. The third-order valence-corrected chi connectivity index (χ3v) is 6.19. The minimum absolute atomic E-state index is 0.0475. The van der Waals surface area contributed by atoms with Crippen LogP contribution in [0.2, 0.25) is 5.02 Å². The molecule has 7 heteroatoms. The maximum atomic E-state index is 12.6. The van der Waals surface area contributed by atoms with Gasteiger partial charge in [0, 0.05) is 22.7 Å². The van der Waals surface area contributed by atoms with Crippen molar-refractivity contribution in [2.45, 2.75) is 61.9 Å². The zero-order chi connectivity index (χ0) is 17.6. The van der Waals surface area contributed by atoms with Crippen molar-refractivity contribution < 1.29 is 4.79 Å². The molecule has 2 aliphatic rings. The Kier molecular flexibility index (Phi) is 4.50. The van der Waals surface area contributed by atoms with Crippen LogP contribution in [0.3, 0.4) is 0 Å². The van der Waals surface area contributed by atoms with Crippen molar-refractivity contribution in [3.05, 3.63) is 34.6 Å². The van der Waals surface area contributed by atoms with Crippen molar-refractivity contribution in [1.82, 2.24) is 14.8 Å². The van der Waals surface area contributed by atoms with Gasteiger partial charge in [-0.1, -0.05) is 29.4 Å². The van der Waals surface area contributed by atoms with Gasteiger partial charge in [0.15, 0.2) is 5.16 Å². The number of hydrogen-bond acceptors (Lipinski definition) is 4. The molecule has 2 aliphatic carbocycles. The summed E-state index contributed by atoms with van der Waals surface area (Å²) in [6.07, 6.45) is 4.79. The number of nitrogens with one attached hydrogen (secondary N) is 1. The van der Waals surface area contributed by atoms with Gasteiger partial charge >= 0.3 is 0 Å². The highest BCUT2D eigenvalue weighted by molar-refractivity contribution is 8.00. The molecule has 2 fully saturated rings. The van der Waals surface area contributed by atoms with Gasteiger partial charge in [-0.3, -0.25) is 4.79 Å². The molecule has 132 valence electrons. The monoisotopic (exact) mass is 376 g/mol. The summed E-state index contributed by atoms with van der Waals surface area (Å²) in [5.74, 6) is 1.64. The van der Waals surface area contributed by atoms with Crippen LogP contribution >= 0.6 is 23.4 Å². The molecule has 0 aliphatic heterocycles. The molecule has 0 bridgehead atoms. The largest absolute Gasteiger partial charge is 0.325 e. The average molecular weight is 377 g/mol. The summed E-state index contributed by atoms with van der Waals surface area (Å²) in [5.41, 5.74) is 1.64. The molecule has 0 saturated heterocycles. The molecule has 1 atom stereocenters. The van der Waals surface area contributed by atoms with Crippen molar-refractivity contribution in [2.24, 2.45) is 0 Å². The summed E-state index contributed by atoms with van der Waals surface area (Å²) >= 11 is 7.62. The molecule has 0 unspecified atom stereocenters. The molecule has 4 rings (SSSR count). The average Bonchev–Trinajstić information content (AvgIpc) is 3.50. The lowest BCUT2D eigenvalue weighted by Crippen LogP contribution is -2.23. The molecule has 1 heterocycles. The summed E-state index contributed by atoms with van der Waals surface area (Å²) in [5, 5.41) is 13.0. The van der Waals surface area contributed by atoms with Crippen LogP contribution in [-0.2, 0) is 4.79 Å². The van der Waals surface area contributed by atoms with E-state index >= 15 is 0 Å². The highest BCUT2D eigenvalue weighted by Crippen LogP contribution is 2.46. The van der Waals surface area contributed by atoms with Crippen molar-refractivity contribution in [2.75, 3.05) is 5.32 Å². The lowest BCUT2D eigenvalue weighted by atomic mass is 10.2. The topological polar surface area (TPSA) is 59.8 Å². The van der Waals surface area contributed by atoms with E-state index < -0.39 is 0 Å². The van der Waals surface area contributed by atoms with E-state index in [4.69, 9.17) is 11.6 Å². The molecule has 1 aromatic heterocycles. The van der Waals surface area contributed by atoms with E-state index in [1.165, 1.54) is 37.4 Å². The first-order chi connectivity index (χ1) is 12.0. The highest BCUT2D eigenvalue weighted by Gasteiger charge is 2.37. The van der Waals surface area contributed by atoms with Crippen LogP contribution in [-0.4, -0.2) is 25.9 Å². The molecule has 0 spiro atoms. The van der Waals surface area contributed by atoms with Gasteiger partial charge in [0.25, 0.3) is 0 Å². The molecule has 2 saturated carbocycles. The number of hydrogen-bond donors (Lipinski definition) is 1. The summed E-state index contributed by atoms with van der Waals surface area (Å²) < 4.78 is 2.27. The molecule has 5 nitrogen and oxygen atoms in total. The predicted molar refractivity (Wildman–Crippen MR) is 100 cm³/mol. The van der Waals surface area contributed by atoms with E-state index in [1.807, 2.05) is 32.0 Å². The predicted octanol–water partition coefficient (Wildman–Crippen LogP) is 4.57. The minimum Gasteiger partial charge on any atom is -0.325 e. The second-order valence-electron chi connectivity index (χ2n) is 6.88. The number of anilines is 1. The van der Waals surface area contributed by atoms with Gasteiger partial charge in [-0.2, -0.15) is 0 Å².